The number of rotatable bonds is 4. The van der Waals surface area contributed by atoms with Gasteiger partial charge in [-0.15, -0.1) is 0 Å². The summed E-state index contributed by atoms with van der Waals surface area (Å²) in [6, 6.07) is 7.28. The van der Waals surface area contributed by atoms with Crippen molar-refractivity contribution in [2.75, 3.05) is 6.26 Å². The van der Waals surface area contributed by atoms with Crippen LogP contribution in [-0.2, 0) is 24.4 Å². The van der Waals surface area contributed by atoms with Crippen LogP contribution >= 0.6 is 0 Å². The minimum absolute atomic E-state index is 0.0753. The van der Waals surface area contributed by atoms with Gasteiger partial charge in [-0.1, -0.05) is 23.1 Å². The quantitative estimate of drug-likeness (QED) is 0.752. The first-order valence-electron chi connectivity index (χ1n) is 3.76. The molecule has 0 aliphatic carbocycles. The largest absolute Gasteiger partial charge is 0.281 e. The predicted octanol–water partition coefficient (Wildman–Crippen LogP) is -0.144. The summed E-state index contributed by atoms with van der Waals surface area (Å²) in [6.45, 7) is 0. The van der Waals surface area contributed by atoms with Crippen molar-refractivity contribution >= 4 is 20.1 Å². The molecule has 15 heavy (non-hydrogen) atoms. The van der Waals surface area contributed by atoms with Gasteiger partial charge in [0.25, 0.3) is 20.1 Å². The fraction of sp³-hybridized carbons (Fsp3) is 0.143. The average molecular weight is 251 g/mol. The minimum atomic E-state index is -3.94. The van der Waals surface area contributed by atoms with Crippen molar-refractivity contribution in [3.63, 3.8) is 0 Å². The number of hydrogen-bond donors (Lipinski definition) is 1. The third kappa shape index (κ3) is 3.96. The lowest BCUT2D eigenvalue weighted by Gasteiger charge is -2.04. The van der Waals surface area contributed by atoms with E-state index in [1.165, 1.54) is 29.2 Å². The van der Waals surface area contributed by atoms with E-state index >= 15 is 0 Å². The van der Waals surface area contributed by atoms with Gasteiger partial charge in [-0.25, -0.2) is 8.42 Å². The van der Waals surface area contributed by atoms with E-state index in [1.54, 1.807) is 6.07 Å². The highest BCUT2D eigenvalue weighted by atomic mass is 32.2. The zero-order valence-corrected chi connectivity index (χ0v) is 9.38. The number of hydrogen-bond acceptors (Lipinski definition) is 5. The lowest BCUT2D eigenvalue weighted by molar-refractivity contribution is 0.277. The number of sulfonamides is 1. The second kappa shape index (κ2) is 4.27. The molecular formula is C7H9NO5S2. The lowest BCUT2D eigenvalue weighted by Crippen LogP contribution is -2.26. The predicted molar refractivity (Wildman–Crippen MR) is 52.7 cm³/mol. The average Bonchev–Trinajstić information content (AvgIpc) is 2.16. The van der Waals surface area contributed by atoms with E-state index < -0.39 is 20.1 Å². The van der Waals surface area contributed by atoms with Crippen molar-refractivity contribution in [3.8, 4) is 0 Å². The highest BCUT2D eigenvalue weighted by molar-refractivity contribution is 7.90. The van der Waals surface area contributed by atoms with Gasteiger partial charge in [0.1, 0.15) is 0 Å². The second-order valence-electron chi connectivity index (χ2n) is 2.69. The van der Waals surface area contributed by atoms with E-state index in [2.05, 4.69) is 4.28 Å². The van der Waals surface area contributed by atoms with Crippen LogP contribution in [0.1, 0.15) is 0 Å². The first-order valence-corrected chi connectivity index (χ1v) is 7.06. The van der Waals surface area contributed by atoms with Gasteiger partial charge in [0.15, 0.2) is 0 Å². The van der Waals surface area contributed by atoms with Crippen molar-refractivity contribution in [1.82, 2.24) is 4.89 Å². The molecule has 6 nitrogen and oxygen atoms in total. The molecule has 0 aliphatic rings. The van der Waals surface area contributed by atoms with Gasteiger partial charge in [-0.3, -0.25) is 0 Å². The summed E-state index contributed by atoms with van der Waals surface area (Å²) < 4.78 is 47.9. The highest BCUT2D eigenvalue weighted by Gasteiger charge is 2.16. The zero-order valence-electron chi connectivity index (χ0n) is 7.74. The summed E-state index contributed by atoms with van der Waals surface area (Å²) in [4.78, 5) is 1.42. The first kappa shape index (κ1) is 12.1. The molecule has 84 valence electrons. The van der Waals surface area contributed by atoms with Crippen molar-refractivity contribution in [2.45, 2.75) is 4.90 Å². The van der Waals surface area contributed by atoms with Crippen LogP contribution in [0.3, 0.4) is 0 Å². The molecule has 0 atom stereocenters. The Morgan fingerprint density at radius 1 is 1.07 bits per heavy atom. The zero-order chi connectivity index (χ0) is 11.5. The Kier molecular flexibility index (Phi) is 3.45. The van der Waals surface area contributed by atoms with Crippen molar-refractivity contribution < 1.29 is 21.1 Å². The number of nitrogens with one attached hydrogen (secondary N) is 1. The van der Waals surface area contributed by atoms with Crippen molar-refractivity contribution in [2.24, 2.45) is 0 Å². The topological polar surface area (TPSA) is 89.5 Å². The summed E-state index contributed by atoms with van der Waals surface area (Å²) >= 11 is 0. The maximum absolute atomic E-state index is 11.4. The molecule has 0 aliphatic heterocycles. The maximum atomic E-state index is 11.4. The molecule has 1 aromatic carbocycles. The van der Waals surface area contributed by atoms with Gasteiger partial charge >= 0.3 is 0 Å². The van der Waals surface area contributed by atoms with Gasteiger partial charge in [-0.05, 0) is 12.1 Å². The molecule has 0 bridgehead atoms. The van der Waals surface area contributed by atoms with Crippen LogP contribution in [0.25, 0.3) is 0 Å². The number of benzene rings is 1. The highest BCUT2D eigenvalue weighted by Crippen LogP contribution is 2.07. The lowest BCUT2D eigenvalue weighted by atomic mass is 10.4. The van der Waals surface area contributed by atoms with Crippen molar-refractivity contribution in [3.05, 3.63) is 30.3 Å². The molecule has 0 radical (unpaired) electrons. The molecule has 1 aromatic rings. The SMILES string of the molecule is CS(=O)(=O)ONS(=O)(=O)c1ccccc1. The molecule has 8 heteroatoms. The van der Waals surface area contributed by atoms with Gasteiger partial charge in [0.05, 0.1) is 11.2 Å². The molecule has 0 unspecified atom stereocenters. The summed E-state index contributed by atoms with van der Waals surface area (Å²) in [7, 11) is -7.80. The van der Waals surface area contributed by atoms with Gasteiger partial charge in [-0.2, -0.15) is 12.7 Å². The van der Waals surface area contributed by atoms with Gasteiger partial charge in [0.2, 0.25) is 0 Å². The Labute approximate surface area is 88.0 Å². The smallest absolute Gasteiger partial charge is 0.205 e. The van der Waals surface area contributed by atoms with Crippen LogP contribution in [-0.4, -0.2) is 23.1 Å². The molecule has 0 spiro atoms. The van der Waals surface area contributed by atoms with E-state index in [9.17, 15) is 16.8 Å². The summed E-state index contributed by atoms with van der Waals surface area (Å²) in [5.41, 5.74) is 0. The van der Waals surface area contributed by atoms with Crippen LogP contribution in [0.15, 0.2) is 35.2 Å². The Bertz CT molecular complexity index is 520. The Morgan fingerprint density at radius 2 is 1.60 bits per heavy atom. The molecule has 1 rings (SSSR count). The molecule has 0 amide bonds. The summed E-state index contributed by atoms with van der Waals surface area (Å²) in [5, 5.41) is 0. The molecule has 1 N–H and O–H groups in total. The third-order valence-electron chi connectivity index (χ3n) is 1.35. The molecule has 0 aromatic heterocycles. The normalized spacial score (nSPS) is 12.6. The standard InChI is InChI=1S/C7H9NO5S2/c1-14(9,10)13-8-15(11,12)7-5-3-2-4-6-7/h2-6,8H,1H3. The Hall–Kier alpha value is -0.960. The van der Waals surface area contributed by atoms with E-state index in [4.69, 9.17) is 0 Å². The van der Waals surface area contributed by atoms with Crippen LogP contribution < -0.4 is 4.89 Å². The fourth-order valence-corrected chi connectivity index (χ4v) is 2.22. The van der Waals surface area contributed by atoms with Crippen LogP contribution in [0, 0.1) is 0 Å². The van der Waals surface area contributed by atoms with Crippen LogP contribution in [0.4, 0.5) is 0 Å². The van der Waals surface area contributed by atoms with E-state index in [0.717, 1.165) is 6.26 Å². The van der Waals surface area contributed by atoms with Gasteiger partial charge in [0, 0.05) is 0 Å². The molecule has 0 saturated heterocycles. The molecule has 0 fully saturated rings. The maximum Gasteiger partial charge on any atom is 0.281 e. The first-order chi connectivity index (χ1) is 6.81. The monoisotopic (exact) mass is 251 g/mol. The van der Waals surface area contributed by atoms with E-state index in [0.29, 0.717) is 0 Å². The summed E-state index contributed by atoms with van der Waals surface area (Å²) in [5.74, 6) is 0. The van der Waals surface area contributed by atoms with E-state index in [1.807, 2.05) is 0 Å². The molecular weight excluding hydrogens is 242 g/mol. The van der Waals surface area contributed by atoms with Crippen LogP contribution in [0.5, 0.6) is 0 Å². The van der Waals surface area contributed by atoms with Crippen LogP contribution in [0.2, 0.25) is 0 Å². The van der Waals surface area contributed by atoms with Gasteiger partial charge < -0.3 is 0 Å². The second-order valence-corrected chi connectivity index (χ2v) is 5.91. The Balaban J connectivity index is 2.87. The Morgan fingerprint density at radius 3 is 2.07 bits per heavy atom. The third-order valence-corrected chi connectivity index (χ3v) is 3.04. The molecule has 0 heterocycles. The minimum Gasteiger partial charge on any atom is -0.205 e. The summed E-state index contributed by atoms with van der Waals surface area (Å²) in [6.07, 6.45) is 0.737. The van der Waals surface area contributed by atoms with Crippen molar-refractivity contribution in [1.29, 1.82) is 0 Å². The molecule has 0 saturated carbocycles. The van der Waals surface area contributed by atoms with E-state index in [-0.39, 0.29) is 4.90 Å². The fourth-order valence-electron chi connectivity index (χ4n) is 0.754.